The number of fused-ring (bicyclic) bond motifs is 1. The number of rotatable bonds is 5. The van der Waals surface area contributed by atoms with Crippen LogP contribution in [0.4, 0.5) is 10.5 Å². The lowest BCUT2D eigenvalue weighted by Gasteiger charge is -2.57. The van der Waals surface area contributed by atoms with Crippen molar-refractivity contribution in [2.45, 2.75) is 88.5 Å². The van der Waals surface area contributed by atoms with E-state index in [1.807, 2.05) is 4.90 Å². The van der Waals surface area contributed by atoms with Gasteiger partial charge in [-0.3, -0.25) is 9.69 Å². The predicted octanol–water partition coefficient (Wildman–Crippen LogP) is 7.14. The Morgan fingerprint density at radius 1 is 0.868 bits per heavy atom. The minimum Gasteiger partial charge on any atom is -0.481 e. The average molecular weight is 513 g/mol. The Kier molecular flexibility index (Phi) is 6.01. The van der Waals surface area contributed by atoms with Crippen molar-refractivity contribution in [3.05, 3.63) is 53.6 Å². The van der Waals surface area contributed by atoms with Crippen LogP contribution in [0.2, 0.25) is 0 Å². The summed E-state index contributed by atoms with van der Waals surface area (Å²) in [5, 5.41) is 12.6. The van der Waals surface area contributed by atoms with E-state index in [9.17, 15) is 9.59 Å². The van der Waals surface area contributed by atoms with Gasteiger partial charge in [0.05, 0.1) is 0 Å². The van der Waals surface area contributed by atoms with Crippen molar-refractivity contribution in [3.8, 4) is 11.1 Å². The lowest BCUT2D eigenvalue weighted by atomic mass is 9.53. The molecule has 2 amide bonds. The molecule has 2 aromatic carbocycles. The van der Waals surface area contributed by atoms with Crippen molar-refractivity contribution in [1.82, 2.24) is 5.32 Å². The third kappa shape index (κ3) is 4.52. The van der Waals surface area contributed by atoms with Crippen LogP contribution in [0.3, 0.4) is 0 Å². The molecule has 0 radical (unpaired) electrons. The number of carbonyl (C=O) groups excluding carboxylic acids is 1. The second-order valence-electron chi connectivity index (χ2n) is 13.3. The maximum Gasteiger partial charge on any atom is 0.322 e. The zero-order chi connectivity index (χ0) is 25.9. The molecule has 0 aromatic heterocycles. The van der Waals surface area contributed by atoms with Gasteiger partial charge in [-0.2, -0.15) is 0 Å². The molecule has 1 heterocycles. The van der Waals surface area contributed by atoms with E-state index < -0.39 is 5.97 Å². The second-order valence-corrected chi connectivity index (χ2v) is 13.3. The molecule has 2 aromatic rings. The Labute approximate surface area is 226 Å². The molecule has 5 aliphatic carbocycles. The highest BCUT2D eigenvalue weighted by Crippen LogP contribution is 2.55. The highest BCUT2D eigenvalue weighted by molar-refractivity contribution is 5.95. The number of amides is 2. The number of hydrogen-bond acceptors (Lipinski definition) is 2. The number of carboxylic acid groups (broad SMARTS) is 1. The van der Waals surface area contributed by atoms with E-state index in [2.05, 4.69) is 47.8 Å². The standard InChI is InChI=1S/C33H40N2O3/c36-31(37)16-21-1-3-25(4-2-21)26-5-7-27(8-6-26)28-9-10-30-29(17-28)11-12-35(30)32(38)34-33-18-22-13-23(19-33)15-24(14-22)20-33/h5-10,17,21-25H,1-4,11-16,18-20H2,(H,34,38)(H,36,37). The Bertz CT molecular complexity index is 1190. The quantitative estimate of drug-likeness (QED) is 0.447. The van der Waals surface area contributed by atoms with Crippen LogP contribution in [0.5, 0.6) is 0 Å². The molecule has 8 rings (SSSR count). The predicted molar refractivity (Wildman–Crippen MR) is 149 cm³/mol. The smallest absolute Gasteiger partial charge is 0.322 e. The van der Waals surface area contributed by atoms with Gasteiger partial charge in [0.2, 0.25) is 0 Å². The van der Waals surface area contributed by atoms with Crippen LogP contribution >= 0.6 is 0 Å². The van der Waals surface area contributed by atoms with Gasteiger partial charge in [0.25, 0.3) is 0 Å². The molecular formula is C33H40N2O3. The van der Waals surface area contributed by atoms with Crippen LogP contribution < -0.4 is 10.2 Å². The summed E-state index contributed by atoms with van der Waals surface area (Å²) in [6.45, 7) is 0.764. The van der Waals surface area contributed by atoms with Gasteiger partial charge in [-0.05, 0) is 135 Å². The zero-order valence-corrected chi connectivity index (χ0v) is 22.3. The Balaban J connectivity index is 1.01. The van der Waals surface area contributed by atoms with E-state index in [1.165, 1.54) is 60.8 Å². The SMILES string of the molecule is O=C(O)CC1CCC(c2ccc(-c3ccc4c(c3)CCN4C(=O)NC34CC5CC(CC(C5)C3)C4)cc2)CC1. The van der Waals surface area contributed by atoms with Gasteiger partial charge < -0.3 is 10.4 Å². The monoisotopic (exact) mass is 512 g/mol. The lowest BCUT2D eigenvalue weighted by Crippen LogP contribution is -2.61. The fraction of sp³-hybridized carbons (Fsp3) is 0.576. The van der Waals surface area contributed by atoms with E-state index >= 15 is 0 Å². The van der Waals surface area contributed by atoms with Crippen LogP contribution in [0.25, 0.3) is 11.1 Å². The Hall–Kier alpha value is -2.82. The minimum atomic E-state index is -0.668. The Morgan fingerprint density at radius 2 is 1.50 bits per heavy atom. The van der Waals surface area contributed by atoms with Gasteiger partial charge in [-0.15, -0.1) is 0 Å². The van der Waals surface area contributed by atoms with Crippen molar-refractivity contribution in [1.29, 1.82) is 0 Å². The van der Waals surface area contributed by atoms with Crippen molar-refractivity contribution in [2.75, 3.05) is 11.4 Å². The van der Waals surface area contributed by atoms with E-state index in [1.54, 1.807) is 0 Å². The first kappa shape index (κ1) is 24.2. The van der Waals surface area contributed by atoms with Gasteiger partial charge in [0, 0.05) is 24.2 Å². The molecule has 4 bridgehead atoms. The molecule has 2 N–H and O–H groups in total. The summed E-state index contributed by atoms with van der Waals surface area (Å²) in [6, 6.07) is 15.7. The van der Waals surface area contributed by atoms with Gasteiger partial charge in [0.15, 0.2) is 0 Å². The number of carbonyl (C=O) groups is 2. The summed E-state index contributed by atoms with van der Waals surface area (Å²) in [7, 11) is 0. The molecule has 0 spiro atoms. The van der Waals surface area contributed by atoms with E-state index in [0.29, 0.717) is 18.3 Å². The van der Waals surface area contributed by atoms with Crippen molar-refractivity contribution in [3.63, 3.8) is 0 Å². The van der Waals surface area contributed by atoms with Gasteiger partial charge in [0.1, 0.15) is 0 Å². The maximum atomic E-state index is 13.5. The van der Waals surface area contributed by atoms with Gasteiger partial charge >= 0.3 is 12.0 Å². The summed E-state index contributed by atoms with van der Waals surface area (Å²) in [5.41, 5.74) is 6.19. The van der Waals surface area contributed by atoms with Crippen LogP contribution in [-0.2, 0) is 11.2 Å². The number of anilines is 1. The molecule has 38 heavy (non-hydrogen) atoms. The summed E-state index contributed by atoms with van der Waals surface area (Å²) >= 11 is 0. The molecule has 0 unspecified atom stereocenters. The van der Waals surface area contributed by atoms with Crippen LogP contribution in [0, 0.1) is 23.7 Å². The molecule has 6 aliphatic rings. The molecular weight excluding hydrogens is 472 g/mol. The van der Waals surface area contributed by atoms with E-state index in [4.69, 9.17) is 5.11 Å². The number of nitrogens with zero attached hydrogens (tertiary/aromatic N) is 1. The third-order valence-electron chi connectivity index (χ3n) is 10.7. The van der Waals surface area contributed by atoms with E-state index in [-0.39, 0.29) is 11.6 Å². The molecule has 1 aliphatic heterocycles. The number of urea groups is 1. The summed E-state index contributed by atoms with van der Waals surface area (Å²) in [5.74, 6) is 2.69. The molecule has 5 heteroatoms. The number of benzene rings is 2. The number of nitrogens with one attached hydrogen (secondary N) is 1. The van der Waals surface area contributed by atoms with Crippen LogP contribution in [-0.4, -0.2) is 29.2 Å². The molecule has 5 fully saturated rings. The first-order valence-electron chi connectivity index (χ1n) is 15.0. The highest BCUT2D eigenvalue weighted by Gasteiger charge is 2.52. The lowest BCUT2D eigenvalue weighted by molar-refractivity contribution is -0.138. The first-order valence-corrected chi connectivity index (χ1v) is 15.0. The second kappa shape index (κ2) is 9.43. The Morgan fingerprint density at radius 3 is 2.13 bits per heavy atom. The van der Waals surface area contributed by atoms with Crippen LogP contribution in [0.15, 0.2) is 42.5 Å². The summed E-state index contributed by atoms with van der Waals surface area (Å²) in [4.78, 5) is 26.5. The van der Waals surface area contributed by atoms with E-state index in [0.717, 1.165) is 62.1 Å². The zero-order valence-electron chi connectivity index (χ0n) is 22.3. The summed E-state index contributed by atoms with van der Waals surface area (Å²) in [6.07, 6.45) is 13.1. The average Bonchev–Trinajstić information content (AvgIpc) is 3.31. The molecule has 200 valence electrons. The number of hydrogen-bond donors (Lipinski definition) is 2. The molecule has 5 nitrogen and oxygen atoms in total. The third-order valence-corrected chi connectivity index (χ3v) is 10.7. The highest BCUT2D eigenvalue weighted by atomic mass is 16.4. The molecule has 5 saturated carbocycles. The number of carboxylic acids is 1. The van der Waals surface area contributed by atoms with Gasteiger partial charge in [-0.25, -0.2) is 4.79 Å². The largest absolute Gasteiger partial charge is 0.481 e. The normalized spacial score (nSPS) is 33.3. The maximum absolute atomic E-state index is 13.5. The molecule has 0 atom stereocenters. The van der Waals surface area contributed by atoms with Crippen molar-refractivity contribution < 1.29 is 14.7 Å². The van der Waals surface area contributed by atoms with Crippen molar-refractivity contribution >= 4 is 17.7 Å². The minimum absolute atomic E-state index is 0.0474. The van der Waals surface area contributed by atoms with Crippen LogP contribution in [0.1, 0.15) is 87.7 Å². The van der Waals surface area contributed by atoms with Gasteiger partial charge in [-0.1, -0.05) is 30.3 Å². The van der Waals surface area contributed by atoms with Crippen molar-refractivity contribution in [2.24, 2.45) is 23.7 Å². The summed E-state index contributed by atoms with van der Waals surface area (Å²) < 4.78 is 0. The molecule has 0 saturated heterocycles. The first-order chi connectivity index (χ1) is 18.4. The fourth-order valence-electron chi connectivity index (χ4n) is 9.24. The topological polar surface area (TPSA) is 69.6 Å². The number of aliphatic carboxylic acids is 1. The fourth-order valence-corrected chi connectivity index (χ4v) is 9.24.